The van der Waals surface area contributed by atoms with E-state index in [1.165, 1.54) is 38.5 Å². The van der Waals surface area contributed by atoms with Crippen LogP contribution in [0.5, 0.6) is 0 Å². The molecule has 0 bridgehead atoms. The second-order valence-corrected chi connectivity index (χ2v) is 6.69. The molecule has 1 aliphatic carbocycles. The highest BCUT2D eigenvalue weighted by Gasteiger charge is 2.37. The van der Waals surface area contributed by atoms with Gasteiger partial charge in [-0.1, -0.05) is 18.9 Å². The van der Waals surface area contributed by atoms with Crippen molar-refractivity contribution in [2.24, 2.45) is 11.1 Å². The number of halogens is 1. The van der Waals surface area contributed by atoms with E-state index in [0.717, 1.165) is 24.3 Å². The third-order valence-electron chi connectivity index (χ3n) is 5.33. The van der Waals surface area contributed by atoms with Gasteiger partial charge in [-0.25, -0.2) is 4.39 Å². The average molecular weight is 276 g/mol. The first-order valence-electron chi connectivity index (χ1n) is 7.90. The summed E-state index contributed by atoms with van der Waals surface area (Å²) in [6.07, 6.45) is 7.98. The van der Waals surface area contributed by atoms with Gasteiger partial charge in [0.2, 0.25) is 0 Å². The molecular weight excluding hydrogens is 251 g/mol. The number of nitrogens with zero attached hydrogens (tertiary/aromatic N) is 1. The molecule has 0 radical (unpaired) electrons. The van der Waals surface area contributed by atoms with Crippen LogP contribution in [0.4, 0.5) is 10.1 Å². The lowest BCUT2D eigenvalue weighted by Crippen LogP contribution is -2.39. The maximum Gasteiger partial charge on any atom is 0.146 e. The maximum absolute atomic E-state index is 14.3. The molecule has 2 nitrogen and oxygen atoms in total. The second-order valence-electron chi connectivity index (χ2n) is 6.69. The Morgan fingerprint density at radius 2 is 1.80 bits per heavy atom. The minimum absolute atomic E-state index is 0.110. The van der Waals surface area contributed by atoms with Crippen LogP contribution in [0.2, 0.25) is 0 Å². The molecule has 1 aliphatic heterocycles. The largest absolute Gasteiger partial charge is 0.369 e. The van der Waals surface area contributed by atoms with Gasteiger partial charge in [-0.05, 0) is 55.7 Å². The van der Waals surface area contributed by atoms with Crippen molar-refractivity contribution < 1.29 is 4.39 Å². The van der Waals surface area contributed by atoms with E-state index >= 15 is 0 Å². The van der Waals surface area contributed by atoms with Gasteiger partial charge in [0, 0.05) is 19.1 Å². The van der Waals surface area contributed by atoms with Crippen LogP contribution in [0.25, 0.3) is 0 Å². The fourth-order valence-electron chi connectivity index (χ4n) is 3.91. The molecule has 1 aromatic carbocycles. The van der Waals surface area contributed by atoms with E-state index in [4.69, 9.17) is 5.73 Å². The molecule has 1 atom stereocenters. The van der Waals surface area contributed by atoms with E-state index in [-0.39, 0.29) is 11.9 Å². The number of benzene rings is 1. The van der Waals surface area contributed by atoms with Crippen LogP contribution in [0.1, 0.15) is 57.1 Å². The Bertz CT molecular complexity index is 468. The third kappa shape index (κ3) is 2.56. The summed E-state index contributed by atoms with van der Waals surface area (Å²) >= 11 is 0. The zero-order valence-electron chi connectivity index (χ0n) is 12.4. The highest BCUT2D eigenvalue weighted by atomic mass is 19.1. The van der Waals surface area contributed by atoms with Gasteiger partial charge in [0.25, 0.3) is 0 Å². The van der Waals surface area contributed by atoms with E-state index < -0.39 is 0 Å². The summed E-state index contributed by atoms with van der Waals surface area (Å²) in [4.78, 5) is 2.21. The molecule has 3 rings (SSSR count). The molecule has 1 saturated heterocycles. The third-order valence-corrected chi connectivity index (χ3v) is 5.33. The van der Waals surface area contributed by atoms with Gasteiger partial charge in [0.1, 0.15) is 5.82 Å². The van der Waals surface area contributed by atoms with Crippen molar-refractivity contribution in [1.29, 1.82) is 0 Å². The number of hydrogen-bond donors (Lipinski definition) is 1. The summed E-state index contributed by atoms with van der Waals surface area (Å²) in [6, 6.07) is 5.35. The van der Waals surface area contributed by atoms with Gasteiger partial charge in [0.15, 0.2) is 0 Å². The molecule has 110 valence electrons. The van der Waals surface area contributed by atoms with Gasteiger partial charge in [0.05, 0.1) is 5.69 Å². The summed E-state index contributed by atoms with van der Waals surface area (Å²) in [5.41, 5.74) is 8.01. The molecule has 20 heavy (non-hydrogen) atoms. The minimum Gasteiger partial charge on any atom is -0.369 e. The van der Waals surface area contributed by atoms with E-state index in [1.54, 1.807) is 6.07 Å². The van der Waals surface area contributed by atoms with E-state index in [2.05, 4.69) is 4.90 Å². The number of piperidine rings is 1. The normalized spacial score (nSPS) is 23.2. The summed E-state index contributed by atoms with van der Waals surface area (Å²) in [6.45, 7) is 3.88. The van der Waals surface area contributed by atoms with Crippen molar-refractivity contribution >= 4 is 5.69 Å². The standard InChI is InChI=1S/C17H25FN2/c1-13(19)14-4-5-16(15(18)12-14)20-10-8-17(9-11-20)6-2-3-7-17/h4-5,12-13H,2-3,6-11,19H2,1H3/t13-/m0/s1. The molecule has 2 aliphatic rings. The molecule has 2 N–H and O–H groups in total. The summed E-state index contributed by atoms with van der Waals surface area (Å²) < 4.78 is 14.3. The first-order valence-corrected chi connectivity index (χ1v) is 7.90. The Labute approximate surface area is 121 Å². The van der Waals surface area contributed by atoms with Crippen molar-refractivity contribution in [1.82, 2.24) is 0 Å². The fourth-order valence-corrected chi connectivity index (χ4v) is 3.91. The maximum atomic E-state index is 14.3. The van der Waals surface area contributed by atoms with Crippen molar-refractivity contribution in [2.45, 2.75) is 51.5 Å². The molecule has 0 aromatic heterocycles. The number of anilines is 1. The van der Waals surface area contributed by atoms with Crippen LogP contribution in [-0.2, 0) is 0 Å². The fraction of sp³-hybridized carbons (Fsp3) is 0.647. The summed E-state index contributed by atoms with van der Waals surface area (Å²) in [5.74, 6) is -0.123. The van der Waals surface area contributed by atoms with E-state index in [9.17, 15) is 4.39 Å². The van der Waals surface area contributed by atoms with Gasteiger partial charge in [-0.2, -0.15) is 0 Å². The van der Waals surface area contributed by atoms with Gasteiger partial charge < -0.3 is 10.6 Å². The first kappa shape index (κ1) is 13.9. The molecule has 1 aromatic rings. The average Bonchev–Trinajstić information content (AvgIpc) is 2.88. The molecule has 0 unspecified atom stereocenters. The molecule has 1 heterocycles. The van der Waals surface area contributed by atoms with Gasteiger partial charge >= 0.3 is 0 Å². The zero-order valence-corrected chi connectivity index (χ0v) is 12.4. The molecule has 3 heteroatoms. The number of hydrogen-bond acceptors (Lipinski definition) is 2. The summed E-state index contributed by atoms with van der Waals surface area (Å²) in [5, 5.41) is 0. The Balaban J connectivity index is 1.71. The predicted octanol–water partition coefficient (Wildman–Crippen LogP) is 4.01. The van der Waals surface area contributed by atoms with Crippen LogP contribution in [0, 0.1) is 11.2 Å². The first-order chi connectivity index (χ1) is 9.60. The van der Waals surface area contributed by atoms with Crippen LogP contribution in [0.3, 0.4) is 0 Å². The van der Waals surface area contributed by atoms with Crippen LogP contribution in [-0.4, -0.2) is 13.1 Å². The van der Waals surface area contributed by atoms with Crippen molar-refractivity contribution in [2.75, 3.05) is 18.0 Å². The van der Waals surface area contributed by atoms with Gasteiger partial charge in [-0.3, -0.25) is 0 Å². The monoisotopic (exact) mass is 276 g/mol. The quantitative estimate of drug-likeness (QED) is 0.884. The Morgan fingerprint density at radius 3 is 2.35 bits per heavy atom. The Morgan fingerprint density at radius 1 is 1.15 bits per heavy atom. The van der Waals surface area contributed by atoms with Crippen LogP contribution < -0.4 is 10.6 Å². The van der Waals surface area contributed by atoms with Crippen molar-refractivity contribution in [3.63, 3.8) is 0 Å². The highest BCUT2D eigenvalue weighted by Crippen LogP contribution is 2.46. The topological polar surface area (TPSA) is 29.3 Å². The molecule has 1 saturated carbocycles. The zero-order chi connectivity index (χ0) is 14.2. The Kier molecular flexibility index (Phi) is 3.72. The lowest BCUT2D eigenvalue weighted by molar-refractivity contribution is 0.226. The number of nitrogens with two attached hydrogens (primary N) is 1. The van der Waals surface area contributed by atoms with Crippen molar-refractivity contribution in [3.05, 3.63) is 29.6 Å². The lowest BCUT2D eigenvalue weighted by atomic mass is 9.77. The molecule has 1 spiro atoms. The van der Waals surface area contributed by atoms with Crippen LogP contribution >= 0.6 is 0 Å². The highest BCUT2D eigenvalue weighted by molar-refractivity contribution is 5.50. The second kappa shape index (κ2) is 5.36. The Hall–Kier alpha value is -1.09. The van der Waals surface area contributed by atoms with Crippen LogP contribution in [0.15, 0.2) is 18.2 Å². The van der Waals surface area contributed by atoms with Gasteiger partial charge in [-0.15, -0.1) is 0 Å². The lowest BCUT2D eigenvalue weighted by Gasteiger charge is -2.40. The predicted molar refractivity (Wildman–Crippen MR) is 81.4 cm³/mol. The molecular formula is C17H25FN2. The molecule has 0 amide bonds. The minimum atomic E-state index is -0.123. The molecule has 2 fully saturated rings. The summed E-state index contributed by atoms with van der Waals surface area (Å²) in [7, 11) is 0. The van der Waals surface area contributed by atoms with E-state index in [1.807, 2.05) is 19.1 Å². The SMILES string of the molecule is C[C@H](N)c1ccc(N2CCC3(CCCC3)CC2)c(F)c1. The smallest absolute Gasteiger partial charge is 0.146 e. The van der Waals surface area contributed by atoms with Crippen molar-refractivity contribution in [3.8, 4) is 0 Å². The number of rotatable bonds is 2. The van der Waals surface area contributed by atoms with E-state index in [0.29, 0.717) is 5.41 Å².